The Bertz CT molecular complexity index is 959. The molecule has 152 valence electrons. The first-order valence-corrected chi connectivity index (χ1v) is 10.6. The molecule has 8 heteroatoms. The Kier molecular flexibility index (Phi) is 6.36. The highest BCUT2D eigenvalue weighted by molar-refractivity contribution is 9.10. The number of rotatable bonds is 5. The number of amides is 2. The zero-order chi connectivity index (χ0) is 21.3. The maximum Gasteiger partial charge on any atom is 0.327 e. The Morgan fingerprint density at radius 3 is 2.21 bits per heavy atom. The molecule has 0 saturated carbocycles. The fourth-order valence-corrected chi connectivity index (χ4v) is 4.57. The lowest BCUT2D eigenvalue weighted by Gasteiger charge is -2.29. The van der Waals surface area contributed by atoms with Gasteiger partial charge in [-0.1, -0.05) is 58.2 Å². The Hall–Kier alpha value is -1.89. The van der Waals surface area contributed by atoms with Gasteiger partial charge in [-0.15, -0.1) is 0 Å². The van der Waals surface area contributed by atoms with Crippen LogP contribution in [0.1, 0.15) is 25.8 Å². The summed E-state index contributed by atoms with van der Waals surface area (Å²) in [6, 6.07) is 11.2. The molecule has 1 heterocycles. The summed E-state index contributed by atoms with van der Waals surface area (Å²) in [5.41, 5.74) is -1.16. The molecular weight excluding hydrogens is 481 g/mol. The minimum atomic E-state index is -1.78. The maximum atomic E-state index is 13.7. The number of ether oxygens (including phenoxy) is 1. The summed E-state index contributed by atoms with van der Waals surface area (Å²) in [6.45, 7) is 3.50. The summed E-state index contributed by atoms with van der Waals surface area (Å²) in [5.74, 6) is -2.84. The van der Waals surface area contributed by atoms with Gasteiger partial charge in [-0.2, -0.15) is 0 Å². The third-order valence-corrected chi connectivity index (χ3v) is 5.96. The first-order chi connectivity index (χ1) is 13.8. The molecule has 0 aliphatic carbocycles. The van der Waals surface area contributed by atoms with Gasteiger partial charge in [-0.05, 0) is 49.2 Å². The topological polar surface area (TPSA) is 63.7 Å². The van der Waals surface area contributed by atoms with E-state index in [-0.39, 0.29) is 28.8 Å². The molecule has 29 heavy (non-hydrogen) atoms. The quantitative estimate of drug-likeness (QED) is 0.324. The molecule has 0 bridgehead atoms. The van der Waals surface area contributed by atoms with Crippen LogP contribution in [0.3, 0.4) is 0 Å². The van der Waals surface area contributed by atoms with E-state index in [1.54, 1.807) is 38.1 Å². The molecular formula is C21H18BrCl2NO4. The van der Waals surface area contributed by atoms with Crippen molar-refractivity contribution in [2.45, 2.75) is 25.7 Å². The molecule has 2 amide bonds. The van der Waals surface area contributed by atoms with E-state index in [9.17, 15) is 14.4 Å². The van der Waals surface area contributed by atoms with E-state index in [2.05, 4.69) is 15.9 Å². The molecule has 2 aromatic rings. The standard InChI is InChI=1S/C21H18BrCl2NO4/c1-3-17-18(26)25(16-10-14(23)9-15(24)11-16)19(27)21(17,20(28)29-4-2)12-5-7-13(22)8-6-12/h5-11,17H,3-4H2,1-2H3/t17?,21-/m1/s1. The van der Waals surface area contributed by atoms with Crippen LogP contribution >= 0.6 is 39.1 Å². The Morgan fingerprint density at radius 1 is 1.10 bits per heavy atom. The van der Waals surface area contributed by atoms with Crippen molar-refractivity contribution in [3.8, 4) is 0 Å². The number of hydrogen-bond donors (Lipinski definition) is 0. The minimum Gasteiger partial charge on any atom is -0.465 e. The average Bonchev–Trinajstić information content (AvgIpc) is 2.88. The van der Waals surface area contributed by atoms with Crippen LogP contribution in [0, 0.1) is 5.92 Å². The normalized spacial score (nSPS) is 21.6. The van der Waals surface area contributed by atoms with Gasteiger partial charge in [0.05, 0.1) is 18.2 Å². The molecule has 0 radical (unpaired) electrons. The molecule has 1 aliphatic rings. The third kappa shape index (κ3) is 3.58. The lowest BCUT2D eigenvalue weighted by atomic mass is 9.70. The highest BCUT2D eigenvalue weighted by Crippen LogP contribution is 2.46. The van der Waals surface area contributed by atoms with E-state index in [1.807, 2.05) is 0 Å². The lowest BCUT2D eigenvalue weighted by Crippen LogP contribution is -2.48. The highest BCUT2D eigenvalue weighted by Gasteiger charge is 2.65. The van der Waals surface area contributed by atoms with Crippen LogP contribution in [0.2, 0.25) is 10.0 Å². The average molecular weight is 499 g/mol. The van der Waals surface area contributed by atoms with E-state index < -0.39 is 29.1 Å². The molecule has 0 spiro atoms. The minimum absolute atomic E-state index is 0.0814. The second-order valence-electron chi connectivity index (χ2n) is 6.60. The van der Waals surface area contributed by atoms with Gasteiger partial charge < -0.3 is 4.74 Å². The van der Waals surface area contributed by atoms with Gasteiger partial charge >= 0.3 is 5.97 Å². The van der Waals surface area contributed by atoms with Gasteiger partial charge in [0.25, 0.3) is 5.91 Å². The van der Waals surface area contributed by atoms with Crippen LogP contribution < -0.4 is 4.90 Å². The summed E-state index contributed by atoms with van der Waals surface area (Å²) in [5, 5.41) is 0.553. The van der Waals surface area contributed by atoms with Crippen molar-refractivity contribution in [2.75, 3.05) is 11.5 Å². The molecule has 0 aromatic heterocycles. The van der Waals surface area contributed by atoms with Crippen molar-refractivity contribution >= 4 is 62.6 Å². The van der Waals surface area contributed by atoms with Crippen LogP contribution in [0.5, 0.6) is 0 Å². The van der Waals surface area contributed by atoms with Crippen LogP contribution in [0.15, 0.2) is 46.9 Å². The number of esters is 1. The van der Waals surface area contributed by atoms with E-state index in [0.29, 0.717) is 5.56 Å². The molecule has 1 aliphatic heterocycles. The van der Waals surface area contributed by atoms with Gasteiger partial charge in [-0.3, -0.25) is 14.4 Å². The number of hydrogen-bond acceptors (Lipinski definition) is 4. The molecule has 3 rings (SSSR count). The number of imide groups is 1. The summed E-state index contributed by atoms with van der Waals surface area (Å²) < 4.78 is 6.07. The predicted molar refractivity (Wildman–Crippen MR) is 115 cm³/mol. The zero-order valence-electron chi connectivity index (χ0n) is 15.7. The fraction of sp³-hybridized carbons (Fsp3) is 0.286. The van der Waals surface area contributed by atoms with Crippen molar-refractivity contribution in [1.29, 1.82) is 0 Å². The second-order valence-corrected chi connectivity index (χ2v) is 8.39. The Labute approximate surface area is 187 Å². The third-order valence-electron chi connectivity index (χ3n) is 4.99. The van der Waals surface area contributed by atoms with E-state index in [1.165, 1.54) is 18.2 Å². The van der Waals surface area contributed by atoms with Crippen LogP contribution in [-0.2, 0) is 24.5 Å². The predicted octanol–water partition coefficient (Wildman–Crippen LogP) is 5.16. The van der Waals surface area contributed by atoms with Crippen LogP contribution in [0.4, 0.5) is 5.69 Å². The van der Waals surface area contributed by atoms with Crippen molar-refractivity contribution in [1.82, 2.24) is 0 Å². The maximum absolute atomic E-state index is 13.7. The number of nitrogens with zero attached hydrogens (tertiary/aromatic N) is 1. The molecule has 1 saturated heterocycles. The number of carbonyl (C=O) groups is 3. The van der Waals surface area contributed by atoms with E-state index >= 15 is 0 Å². The van der Waals surface area contributed by atoms with Crippen molar-refractivity contribution in [3.63, 3.8) is 0 Å². The fourth-order valence-electron chi connectivity index (χ4n) is 3.79. The Balaban J connectivity index is 2.26. The summed E-state index contributed by atoms with van der Waals surface area (Å²) in [7, 11) is 0. The van der Waals surface area contributed by atoms with Crippen LogP contribution in [-0.4, -0.2) is 24.4 Å². The van der Waals surface area contributed by atoms with Crippen molar-refractivity contribution in [2.24, 2.45) is 5.92 Å². The van der Waals surface area contributed by atoms with Crippen molar-refractivity contribution in [3.05, 3.63) is 62.5 Å². The van der Waals surface area contributed by atoms with Gasteiger partial charge in [0, 0.05) is 14.5 Å². The number of anilines is 1. The molecule has 5 nitrogen and oxygen atoms in total. The number of halogens is 3. The lowest BCUT2D eigenvalue weighted by molar-refractivity contribution is -0.155. The monoisotopic (exact) mass is 497 g/mol. The second kappa shape index (κ2) is 8.46. The first kappa shape index (κ1) is 21.8. The summed E-state index contributed by atoms with van der Waals surface area (Å²) >= 11 is 15.5. The van der Waals surface area contributed by atoms with Crippen LogP contribution in [0.25, 0.3) is 0 Å². The largest absolute Gasteiger partial charge is 0.465 e. The molecule has 2 atom stereocenters. The number of benzene rings is 2. The van der Waals surface area contributed by atoms with Gasteiger partial charge in [0.15, 0.2) is 5.41 Å². The SMILES string of the molecule is CCOC(=O)[C@@]1(c2ccc(Br)cc2)C(=O)N(c2cc(Cl)cc(Cl)c2)C(=O)C1CC. The zero-order valence-corrected chi connectivity index (χ0v) is 18.8. The van der Waals surface area contributed by atoms with Crippen molar-refractivity contribution < 1.29 is 19.1 Å². The number of carbonyl (C=O) groups excluding carboxylic acids is 3. The molecule has 1 unspecified atom stereocenters. The van der Waals surface area contributed by atoms with E-state index in [4.69, 9.17) is 27.9 Å². The highest BCUT2D eigenvalue weighted by atomic mass is 79.9. The molecule has 0 N–H and O–H groups in total. The van der Waals surface area contributed by atoms with E-state index in [0.717, 1.165) is 9.37 Å². The van der Waals surface area contributed by atoms with Gasteiger partial charge in [-0.25, -0.2) is 4.90 Å². The first-order valence-electron chi connectivity index (χ1n) is 9.05. The van der Waals surface area contributed by atoms with Gasteiger partial charge in [0.2, 0.25) is 5.91 Å². The Morgan fingerprint density at radius 2 is 1.69 bits per heavy atom. The summed E-state index contributed by atoms with van der Waals surface area (Å²) in [4.78, 5) is 41.3. The smallest absolute Gasteiger partial charge is 0.327 e. The molecule has 1 fully saturated rings. The molecule has 2 aromatic carbocycles. The summed E-state index contributed by atoms with van der Waals surface area (Å²) in [6.07, 6.45) is 0.268. The van der Waals surface area contributed by atoms with Gasteiger partial charge in [0.1, 0.15) is 0 Å².